The van der Waals surface area contributed by atoms with Crippen molar-refractivity contribution in [3.63, 3.8) is 0 Å². The maximum Gasteiger partial charge on any atom is 0.328 e. The predicted octanol–water partition coefficient (Wildman–Crippen LogP) is 1.04. The molecule has 0 saturated carbocycles. The first kappa shape index (κ1) is 9.68. The van der Waals surface area contributed by atoms with Crippen molar-refractivity contribution in [2.45, 2.75) is 13.8 Å². The van der Waals surface area contributed by atoms with Crippen LogP contribution < -0.4 is 0 Å². The highest BCUT2D eigenvalue weighted by Gasteiger charge is 1.97. The molecule has 0 aromatic rings. The largest absolute Gasteiger partial charge is 0.478 e. The van der Waals surface area contributed by atoms with Gasteiger partial charge in [0, 0.05) is 6.08 Å². The molecule has 0 spiro atoms. The zero-order valence-electron chi connectivity index (χ0n) is 6.79. The van der Waals surface area contributed by atoms with Crippen LogP contribution in [0.5, 0.6) is 0 Å². The third-order valence-electron chi connectivity index (χ3n) is 1.14. The van der Waals surface area contributed by atoms with Gasteiger partial charge in [0.05, 0.1) is 5.71 Å². The van der Waals surface area contributed by atoms with Crippen molar-refractivity contribution in [2.24, 2.45) is 5.16 Å². The monoisotopic (exact) mass is 157 g/mol. The molecule has 0 aliphatic heterocycles. The number of oxime groups is 1. The van der Waals surface area contributed by atoms with E-state index in [1.54, 1.807) is 13.8 Å². The number of rotatable bonds is 3. The lowest BCUT2D eigenvalue weighted by molar-refractivity contribution is -0.131. The van der Waals surface area contributed by atoms with Gasteiger partial charge in [-0.05, 0) is 19.4 Å². The maximum absolute atomic E-state index is 10.1. The van der Waals surface area contributed by atoms with Crippen LogP contribution in [0.4, 0.5) is 0 Å². The molecule has 0 atom stereocenters. The van der Waals surface area contributed by atoms with Gasteiger partial charge in [-0.15, -0.1) is 0 Å². The molecule has 0 aliphatic rings. The van der Waals surface area contributed by atoms with Crippen LogP contribution in [-0.4, -0.2) is 23.9 Å². The van der Waals surface area contributed by atoms with Crippen molar-refractivity contribution in [3.8, 4) is 0 Å². The highest BCUT2D eigenvalue weighted by Crippen LogP contribution is 1.96. The normalized spacial score (nSPS) is 13.0. The number of nitrogens with zero attached hydrogens (tertiary/aromatic N) is 1. The Morgan fingerprint density at radius 1 is 1.55 bits per heavy atom. The van der Waals surface area contributed by atoms with E-state index in [2.05, 4.69) is 9.99 Å². The topological polar surface area (TPSA) is 58.9 Å². The van der Waals surface area contributed by atoms with E-state index >= 15 is 0 Å². The summed E-state index contributed by atoms with van der Waals surface area (Å²) >= 11 is 0. The van der Waals surface area contributed by atoms with Crippen molar-refractivity contribution in [1.29, 1.82) is 0 Å². The lowest BCUT2D eigenvalue weighted by atomic mass is 10.2. The number of aliphatic carboxylic acids is 1. The fourth-order valence-corrected chi connectivity index (χ4v) is 0.499. The molecule has 1 N–H and O–H groups in total. The quantitative estimate of drug-likeness (QED) is 0.378. The Morgan fingerprint density at radius 2 is 2.09 bits per heavy atom. The smallest absolute Gasteiger partial charge is 0.328 e. The molecule has 11 heavy (non-hydrogen) atoms. The number of carboxylic acid groups (broad SMARTS) is 1. The standard InChI is InChI=1S/C7H11NO3/c1-5(4-7(9)10)6(2)8-11-3/h4H,1-3H3,(H,9,10)/b5-4+,8-6+. The van der Waals surface area contributed by atoms with Crippen LogP contribution in [0.25, 0.3) is 0 Å². The van der Waals surface area contributed by atoms with Crippen LogP contribution in [0, 0.1) is 0 Å². The van der Waals surface area contributed by atoms with Gasteiger partial charge < -0.3 is 9.94 Å². The molecule has 0 aromatic carbocycles. The summed E-state index contributed by atoms with van der Waals surface area (Å²) in [5.74, 6) is -0.979. The summed E-state index contributed by atoms with van der Waals surface area (Å²) < 4.78 is 0. The summed E-state index contributed by atoms with van der Waals surface area (Å²) in [6, 6.07) is 0. The molecule has 0 unspecified atom stereocenters. The fraction of sp³-hybridized carbons (Fsp3) is 0.429. The molecule has 0 heterocycles. The third-order valence-corrected chi connectivity index (χ3v) is 1.14. The predicted molar refractivity (Wildman–Crippen MR) is 41.5 cm³/mol. The summed E-state index contributed by atoms with van der Waals surface area (Å²) in [6.45, 7) is 3.34. The minimum atomic E-state index is -0.979. The molecule has 0 fully saturated rings. The molecule has 4 heteroatoms. The van der Waals surface area contributed by atoms with Crippen molar-refractivity contribution >= 4 is 11.7 Å². The van der Waals surface area contributed by atoms with Crippen LogP contribution in [0.15, 0.2) is 16.8 Å². The Hall–Kier alpha value is -1.32. The van der Waals surface area contributed by atoms with Crippen molar-refractivity contribution in [1.82, 2.24) is 0 Å². The summed E-state index contributed by atoms with van der Waals surface area (Å²) in [4.78, 5) is 14.6. The van der Waals surface area contributed by atoms with Gasteiger partial charge in [-0.1, -0.05) is 5.16 Å². The van der Waals surface area contributed by atoms with E-state index in [4.69, 9.17) is 5.11 Å². The zero-order chi connectivity index (χ0) is 8.85. The molecule has 62 valence electrons. The molecule has 0 bridgehead atoms. The molecule has 0 aromatic heterocycles. The second kappa shape index (κ2) is 4.49. The van der Waals surface area contributed by atoms with Crippen molar-refractivity contribution in [2.75, 3.05) is 7.11 Å². The Morgan fingerprint density at radius 3 is 2.45 bits per heavy atom. The average Bonchev–Trinajstić information content (AvgIpc) is 1.86. The molecule has 0 saturated heterocycles. The van der Waals surface area contributed by atoms with E-state index in [0.717, 1.165) is 6.08 Å². The van der Waals surface area contributed by atoms with Gasteiger partial charge in [0.1, 0.15) is 7.11 Å². The summed E-state index contributed by atoms with van der Waals surface area (Å²) in [5.41, 5.74) is 1.15. The maximum atomic E-state index is 10.1. The van der Waals surface area contributed by atoms with E-state index in [9.17, 15) is 4.79 Å². The SMILES string of the molecule is CO/N=C(C)/C(C)=C/C(=O)O. The zero-order valence-corrected chi connectivity index (χ0v) is 6.79. The number of carbonyl (C=O) groups is 1. The van der Waals surface area contributed by atoms with E-state index in [1.807, 2.05) is 0 Å². The molecule has 0 amide bonds. The number of hydrogen-bond acceptors (Lipinski definition) is 3. The van der Waals surface area contributed by atoms with Gasteiger partial charge in [-0.25, -0.2) is 4.79 Å². The average molecular weight is 157 g/mol. The first-order valence-corrected chi connectivity index (χ1v) is 3.07. The molecular formula is C7H11NO3. The van der Waals surface area contributed by atoms with Crippen molar-refractivity contribution in [3.05, 3.63) is 11.6 Å². The van der Waals surface area contributed by atoms with Crippen LogP contribution >= 0.6 is 0 Å². The highest BCUT2D eigenvalue weighted by molar-refractivity contribution is 6.01. The third kappa shape index (κ3) is 4.13. The Bertz CT molecular complexity index is 206. The number of allylic oxidation sites excluding steroid dienone is 1. The molecule has 0 rings (SSSR count). The highest BCUT2D eigenvalue weighted by atomic mass is 16.6. The van der Waals surface area contributed by atoms with Crippen LogP contribution in [-0.2, 0) is 9.63 Å². The van der Waals surface area contributed by atoms with E-state index < -0.39 is 5.97 Å². The van der Waals surface area contributed by atoms with Crippen LogP contribution in [0.2, 0.25) is 0 Å². The number of carboxylic acids is 1. The second-order valence-corrected chi connectivity index (χ2v) is 2.02. The van der Waals surface area contributed by atoms with E-state index in [0.29, 0.717) is 11.3 Å². The molecule has 0 radical (unpaired) electrons. The van der Waals surface area contributed by atoms with Gasteiger partial charge in [0.25, 0.3) is 0 Å². The molecular weight excluding hydrogens is 146 g/mol. The van der Waals surface area contributed by atoms with E-state index in [1.165, 1.54) is 7.11 Å². The Balaban J connectivity index is 4.35. The van der Waals surface area contributed by atoms with Gasteiger partial charge in [-0.2, -0.15) is 0 Å². The lowest BCUT2D eigenvalue weighted by Crippen LogP contribution is -1.98. The lowest BCUT2D eigenvalue weighted by Gasteiger charge is -1.96. The van der Waals surface area contributed by atoms with Gasteiger partial charge in [-0.3, -0.25) is 0 Å². The fourth-order valence-electron chi connectivity index (χ4n) is 0.499. The van der Waals surface area contributed by atoms with Crippen LogP contribution in [0.3, 0.4) is 0 Å². The minimum Gasteiger partial charge on any atom is -0.478 e. The summed E-state index contributed by atoms with van der Waals surface area (Å²) in [5, 5.41) is 11.9. The Labute approximate surface area is 65.2 Å². The van der Waals surface area contributed by atoms with Crippen LogP contribution in [0.1, 0.15) is 13.8 Å². The summed E-state index contributed by atoms with van der Waals surface area (Å²) in [6.07, 6.45) is 1.08. The summed E-state index contributed by atoms with van der Waals surface area (Å²) in [7, 11) is 1.41. The van der Waals surface area contributed by atoms with E-state index in [-0.39, 0.29) is 0 Å². The first-order chi connectivity index (χ1) is 5.07. The molecule has 4 nitrogen and oxygen atoms in total. The van der Waals surface area contributed by atoms with Gasteiger partial charge >= 0.3 is 5.97 Å². The van der Waals surface area contributed by atoms with Gasteiger partial charge in [0.15, 0.2) is 0 Å². The van der Waals surface area contributed by atoms with Gasteiger partial charge in [0.2, 0.25) is 0 Å². The molecule has 0 aliphatic carbocycles. The second-order valence-electron chi connectivity index (χ2n) is 2.02. The van der Waals surface area contributed by atoms with Crippen molar-refractivity contribution < 1.29 is 14.7 Å². The Kier molecular flexibility index (Phi) is 3.95. The first-order valence-electron chi connectivity index (χ1n) is 3.07. The minimum absolute atomic E-state index is 0.565. The number of hydrogen-bond donors (Lipinski definition) is 1.